The number of carbonyl (C=O) groups is 1. The summed E-state index contributed by atoms with van der Waals surface area (Å²) in [5, 5.41) is 0. The Balaban J connectivity index is 4.67. The van der Waals surface area contributed by atoms with Crippen LogP contribution in [-0.4, -0.2) is 12.5 Å². The number of carbonyl (C=O) groups excluding carboxylic acids is 1. The van der Waals surface area contributed by atoms with Crippen LogP contribution in [0.25, 0.3) is 0 Å². The molecule has 0 fully saturated rings. The molecule has 0 saturated heterocycles. The van der Waals surface area contributed by atoms with E-state index in [1.807, 2.05) is 0 Å². The van der Waals surface area contributed by atoms with E-state index >= 15 is 0 Å². The molecule has 0 aromatic heterocycles. The quantitative estimate of drug-likeness (QED) is 0.368. The Hall–Kier alpha value is -1.46. The van der Waals surface area contributed by atoms with Crippen LogP contribution in [0.4, 0.5) is 13.2 Å². The van der Waals surface area contributed by atoms with Crippen LogP contribution in [0.15, 0.2) is 23.5 Å². The lowest BCUT2D eigenvalue weighted by Crippen LogP contribution is -2.19. The van der Waals surface area contributed by atoms with Crippen LogP contribution in [0.1, 0.15) is 0 Å². The molecule has 0 aromatic rings. The minimum absolute atomic E-state index is 0.179. The zero-order chi connectivity index (χ0) is 9.78. The molecular formula is C6H7F3N2O. The minimum atomic E-state index is -4.63. The zero-order valence-corrected chi connectivity index (χ0v) is 5.93. The van der Waals surface area contributed by atoms with Gasteiger partial charge in [0, 0.05) is 11.8 Å². The van der Waals surface area contributed by atoms with Gasteiger partial charge in [-0.15, -0.1) is 0 Å². The highest BCUT2D eigenvalue weighted by atomic mass is 19.4. The first-order chi connectivity index (χ1) is 5.41. The zero-order valence-electron chi connectivity index (χ0n) is 5.93. The second-order valence-electron chi connectivity index (χ2n) is 1.88. The third kappa shape index (κ3) is 3.09. The SMILES string of the molecule is N/C=C(C=O)\C=C(/N)C(F)(F)F. The standard InChI is InChI=1S/C6H7F3N2O/c7-6(8,9)5(11)1-4(2-10)3-12/h1-3H,10-11H2/b4-2+,5-1-. The molecule has 0 bridgehead atoms. The van der Waals surface area contributed by atoms with Crippen molar-refractivity contribution in [2.24, 2.45) is 11.5 Å². The van der Waals surface area contributed by atoms with Gasteiger partial charge in [0.05, 0.1) is 0 Å². The van der Waals surface area contributed by atoms with Gasteiger partial charge in [0.25, 0.3) is 0 Å². The molecule has 0 heterocycles. The fourth-order valence-electron chi connectivity index (χ4n) is 0.383. The van der Waals surface area contributed by atoms with Crippen molar-refractivity contribution in [2.45, 2.75) is 6.18 Å². The van der Waals surface area contributed by atoms with Gasteiger partial charge in [0.1, 0.15) is 5.70 Å². The third-order valence-corrected chi connectivity index (χ3v) is 0.978. The van der Waals surface area contributed by atoms with Crippen molar-refractivity contribution in [1.29, 1.82) is 0 Å². The second-order valence-corrected chi connectivity index (χ2v) is 1.88. The summed E-state index contributed by atoms with van der Waals surface area (Å²) in [6.07, 6.45) is -3.24. The second kappa shape index (κ2) is 3.80. The first-order valence-electron chi connectivity index (χ1n) is 2.83. The molecule has 0 rings (SSSR count). The van der Waals surface area contributed by atoms with Crippen molar-refractivity contribution in [3.8, 4) is 0 Å². The molecule has 0 spiro atoms. The highest BCUT2D eigenvalue weighted by molar-refractivity contribution is 5.77. The Labute approximate surface area is 66.5 Å². The normalized spacial score (nSPS) is 14.6. The summed E-state index contributed by atoms with van der Waals surface area (Å²) in [5.41, 5.74) is 7.73. The van der Waals surface area contributed by atoms with E-state index in [1.165, 1.54) is 0 Å². The van der Waals surface area contributed by atoms with Crippen molar-refractivity contribution in [3.05, 3.63) is 23.5 Å². The van der Waals surface area contributed by atoms with Crippen molar-refractivity contribution in [1.82, 2.24) is 0 Å². The van der Waals surface area contributed by atoms with E-state index in [-0.39, 0.29) is 11.9 Å². The average Bonchev–Trinajstić information content (AvgIpc) is 1.97. The summed E-state index contributed by atoms with van der Waals surface area (Å²) in [6.45, 7) is 0. The van der Waals surface area contributed by atoms with Crippen LogP contribution in [0.3, 0.4) is 0 Å². The van der Waals surface area contributed by atoms with E-state index in [9.17, 15) is 18.0 Å². The molecule has 6 heteroatoms. The third-order valence-electron chi connectivity index (χ3n) is 0.978. The van der Waals surface area contributed by atoms with E-state index in [0.29, 0.717) is 6.08 Å². The van der Waals surface area contributed by atoms with E-state index in [2.05, 4.69) is 5.73 Å². The first-order valence-corrected chi connectivity index (χ1v) is 2.83. The molecule has 0 saturated carbocycles. The van der Waals surface area contributed by atoms with Crippen molar-refractivity contribution in [3.63, 3.8) is 0 Å². The molecule has 0 unspecified atom stereocenters. The largest absolute Gasteiger partial charge is 0.430 e. The molecule has 0 radical (unpaired) electrons. The van der Waals surface area contributed by atoms with Crippen LogP contribution in [0.5, 0.6) is 0 Å². The maximum absolute atomic E-state index is 11.7. The fourth-order valence-corrected chi connectivity index (χ4v) is 0.383. The Morgan fingerprint density at radius 1 is 1.33 bits per heavy atom. The molecule has 0 aromatic carbocycles. The van der Waals surface area contributed by atoms with Gasteiger partial charge in [-0.25, -0.2) is 0 Å². The first kappa shape index (κ1) is 10.5. The summed E-state index contributed by atoms with van der Waals surface area (Å²) in [7, 11) is 0. The smallest absolute Gasteiger partial charge is 0.404 e. The Morgan fingerprint density at radius 3 is 2.08 bits per heavy atom. The van der Waals surface area contributed by atoms with Crippen LogP contribution < -0.4 is 11.5 Å². The van der Waals surface area contributed by atoms with Gasteiger partial charge in [-0.2, -0.15) is 13.2 Å². The molecule has 0 aliphatic carbocycles. The number of allylic oxidation sites excluding steroid dienone is 3. The topological polar surface area (TPSA) is 69.1 Å². The molecule has 4 N–H and O–H groups in total. The lowest BCUT2D eigenvalue weighted by atomic mass is 10.2. The number of alkyl halides is 3. The highest BCUT2D eigenvalue weighted by Crippen LogP contribution is 2.21. The van der Waals surface area contributed by atoms with E-state index in [4.69, 9.17) is 5.73 Å². The molecular weight excluding hydrogens is 173 g/mol. The fraction of sp³-hybridized carbons (Fsp3) is 0.167. The van der Waals surface area contributed by atoms with Crippen LogP contribution >= 0.6 is 0 Å². The summed E-state index contributed by atoms with van der Waals surface area (Å²) >= 11 is 0. The van der Waals surface area contributed by atoms with Crippen molar-refractivity contribution < 1.29 is 18.0 Å². The Kier molecular flexibility index (Phi) is 3.33. The number of halogens is 3. The lowest BCUT2D eigenvalue weighted by molar-refractivity contribution is -0.104. The maximum Gasteiger partial charge on any atom is 0.430 e. The number of hydrogen-bond acceptors (Lipinski definition) is 3. The van der Waals surface area contributed by atoms with Crippen molar-refractivity contribution in [2.75, 3.05) is 0 Å². The number of hydrogen-bond donors (Lipinski definition) is 2. The number of rotatable bonds is 2. The van der Waals surface area contributed by atoms with Gasteiger partial charge in [-0.05, 0) is 6.08 Å². The molecule has 0 atom stereocenters. The number of nitrogens with two attached hydrogens (primary N) is 2. The molecule has 68 valence electrons. The van der Waals surface area contributed by atoms with Gasteiger partial charge in [0.15, 0.2) is 6.29 Å². The summed E-state index contributed by atoms with van der Waals surface area (Å²) in [5.74, 6) is 0. The van der Waals surface area contributed by atoms with Crippen LogP contribution in [0, 0.1) is 0 Å². The van der Waals surface area contributed by atoms with Gasteiger partial charge in [0.2, 0.25) is 0 Å². The van der Waals surface area contributed by atoms with E-state index in [1.54, 1.807) is 0 Å². The van der Waals surface area contributed by atoms with E-state index in [0.717, 1.165) is 6.20 Å². The van der Waals surface area contributed by atoms with Crippen molar-refractivity contribution >= 4 is 6.29 Å². The minimum Gasteiger partial charge on any atom is -0.404 e. The predicted molar refractivity (Wildman–Crippen MR) is 36.7 cm³/mol. The van der Waals surface area contributed by atoms with Crippen LogP contribution in [-0.2, 0) is 4.79 Å². The number of aldehydes is 1. The van der Waals surface area contributed by atoms with Gasteiger partial charge >= 0.3 is 6.18 Å². The molecule has 12 heavy (non-hydrogen) atoms. The van der Waals surface area contributed by atoms with Gasteiger partial charge in [-0.3, -0.25) is 4.79 Å². The Morgan fingerprint density at radius 2 is 1.83 bits per heavy atom. The molecule has 0 aliphatic rings. The predicted octanol–water partition coefficient (Wildman–Crippen LogP) is 0.433. The molecule has 0 aliphatic heterocycles. The highest BCUT2D eigenvalue weighted by Gasteiger charge is 2.31. The van der Waals surface area contributed by atoms with Crippen LogP contribution in [0.2, 0.25) is 0 Å². The summed E-state index contributed by atoms with van der Waals surface area (Å²) < 4.78 is 35.1. The summed E-state index contributed by atoms with van der Waals surface area (Å²) in [6, 6.07) is 0. The maximum atomic E-state index is 11.7. The Bertz CT molecular complexity index is 229. The monoisotopic (exact) mass is 180 g/mol. The molecule has 0 amide bonds. The average molecular weight is 180 g/mol. The van der Waals surface area contributed by atoms with Gasteiger partial charge in [-0.1, -0.05) is 0 Å². The lowest BCUT2D eigenvalue weighted by Gasteiger charge is -2.04. The summed E-state index contributed by atoms with van der Waals surface area (Å²) in [4.78, 5) is 9.98. The molecule has 3 nitrogen and oxygen atoms in total. The van der Waals surface area contributed by atoms with Gasteiger partial charge < -0.3 is 11.5 Å². The van der Waals surface area contributed by atoms with E-state index < -0.39 is 11.9 Å².